The Kier molecular flexibility index (Phi) is 8.10. The van der Waals surface area contributed by atoms with Gasteiger partial charge in [-0.1, -0.05) is 38.1 Å². The molecule has 0 aliphatic carbocycles. The maximum Gasteiger partial charge on any atom is 0.191 e. The smallest absolute Gasteiger partial charge is 0.191 e. The van der Waals surface area contributed by atoms with E-state index in [4.69, 9.17) is 4.74 Å². The first kappa shape index (κ1) is 19.5. The number of rotatable bonds is 7. The number of benzene rings is 1. The van der Waals surface area contributed by atoms with Crippen LogP contribution in [0.2, 0.25) is 0 Å². The van der Waals surface area contributed by atoms with Crippen LogP contribution in [0.15, 0.2) is 29.3 Å². The molecule has 0 saturated heterocycles. The molecule has 0 aromatic heterocycles. The largest absolute Gasteiger partial charge is 0.371 e. The highest BCUT2D eigenvalue weighted by molar-refractivity contribution is 5.79. The molecule has 0 bridgehead atoms. The highest BCUT2D eigenvalue weighted by Gasteiger charge is 2.10. The quantitative estimate of drug-likeness (QED) is 0.595. The summed E-state index contributed by atoms with van der Waals surface area (Å²) in [7, 11) is 0. The van der Waals surface area contributed by atoms with Gasteiger partial charge in [0.25, 0.3) is 0 Å². The predicted molar refractivity (Wildman–Crippen MR) is 98.6 cm³/mol. The number of nitrogens with one attached hydrogen (secondary N) is 2. The summed E-state index contributed by atoms with van der Waals surface area (Å²) in [6.07, 6.45) is 0. The third-order valence-electron chi connectivity index (χ3n) is 3.10. The summed E-state index contributed by atoms with van der Waals surface area (Å²) >= 11 is 0. The maximum atomic E-state index is 5.84. The molecule has 0 aliphatic rings. The van der Waals surface area contributed by atoms with Crippen LogP contribution in [-0.4, -0.2) is 24.7 Å². The molecule has 1 aromatic carbocycles. The molecule has 0 atom stereocenters. The number of guanidine groups is 1. The van der Waals surface area contributed by atoms with Gasteiger partial charge in [0.1, 0.15) is 0 Å². The average molecular weight is 319 g/mol. The summed E-state index contributed by atoms with van der Waals surface area (Å²) in [5, 5.41) is 6.65. The molecule has 0 spiro atoms. The summed E-state index contributed by atoms with van der Waals surface area (Å²) in [6, 6.07) is 8.44. The van der Waals surface area contributed by atoms with E-state index >= 15 is 0 Å². The predicted octanol–water partition coefficient (Wildman–Crippen LogP) is 3.71. The van der Waals surface area contributed by atoms with Crippen molar-refractivity contribution in [3.63, 3.8) is 0 Å². The van der Waals surface area contributed by atoms with Gasteiger partial charge in [0.05, 0.1) is 18.8 Å². The van der Waals surface area contributed by atoms with Gasteiger partial charge in [0.15, 0.2) is 5.96 Å². The second kappa shape index (κ2) is 9.56. The second-order valence-electron chi connectivity index (χ2n) is 7.19. The van der Waals surface area contributed by atoms with E-state index in [0.29, 0.717) is 19.1 Å². The minimum atomic E-state index is -0.118. The van der Waals surface area contributed by atoms with Gasteiger partial charge in [0.2, 0.25) is 0 Å². The molecule has 0 unspecified atom stereocenters. The monoisotopic (exact) mass is 319 g/mol. The van der Waals surface area contributed by atoms with Crippen LogP contribution in [0.1, 0.15) is 52.7 Å². The molecule has 23 heavy (non-hydrogen) atoms. The molecular formula is C19H33N3O. The van der Waals surface area contributed by atoms with Crippen LogP contribution in [0.5, 0.6) is 0 Å². The van der Waals surface area contributed by atoms with Crippen molar-refractivity contribution in [1.82, 2.24) is 10.6 Å². The fourth-order valence-electron chi connectivity index (χ4n) is 1.93. The number of nitrogens with zero attached hydrogens (tertiary/aromatic N) is 1. The molecule has 0 fully saturated rings. The minimum Gasteiger partial charge on any atom is -0.371 e. The van der Waals surface area contributed by atoms with Gasteiger partial charge in [-0.2, -0.15) is 0 Å². The van der Waals surface area contributed by atoms with Crippen LogP contribution in [0.25, 0.3) is 0 Å². The van der Waals surface area contributed by atoms with Crippen molar-refractivity contribution >= 4 is 5.96 Å². The van der Waals surface area contributed by atoms with Crippen molar-refractivity contribution in [2.45, 2.75) is 60.3 Å². The Morgan fingerprint density at radius 2 is 1.87 bits per heavy atom. The van der Waals surface area contributed by atoms with Crippen LogP contribution >= 0.6 is 0 Å². The zero-order valence-electron chi connectivity index (χ0n) is 15.6. The Balaban J connectivity index is 2.65. The standard InChI is InChI=1S/C19H33N3O/c1-7-20-18(21-12-15(2)3)22-13-16-9-8-10-17(11-16)14-23-19(4,5)6/h8-11,15H,7,12-14H2,1-6H3,(H2,20,21,22). The molecule has 0 amide bonds. The van der Waals surface area contributed by atoms with E-state index in [1.807, 2.05) is 0 Å². The highest BCUT2D eigenvalue weighted by atomic mass is 16.5. The molecule has 1 aromatic rings. The number of aliphatic imine (C=N–C) groups is 1. The van der Waals surface area contributed by atoms with Crippen molar-refractivity contribution in [3.8, 4) is 0 Å². The van der Waals surface area contributed by atoms with Crippen molar-refractivity contribution in [2.24, 2.45) is 10.9 Å². The van der Waals surface area contributed by atoms with E-state index < -0.39 is 0 Å². The summed E-state index contributed by atoms with van der Waals surface area (Å²) in [5.41, 5.74) is 2.27. The van der Waals surface area contributed by atoms with E-state index in [1.54, 1.807) is 0 Å². The molecular weight excluding hydrogens is 286 g/mol. The van der Waals surface area contributed by atoms with Gasteiger partial charge < -0.3 is 15.4 Å². The fraction of sp³-hybridized carbons (Fsp3) is 0.632. The molecule has 0 heterocycles. The summed E-state index contributed by atoms with van der Waals surface area (Å²) < 4.78 is 5.84. The lowest BCUT2D eigenvalue weighted by atomic mass is 10.1. The Labute approximate surface area is 141 Å². The summed E-state index contributed by atoms with van der Waals surface area (Å²) in [5.74, 6) is 1.47. The van der Waals surface area contributed by atoms with E-state index in [9.17, 15) is 0 Å². The Morgan fingerprint density at radius 1 is 1.17 bits per heavy atom. The number of ether oxygens (including phenoxy) is 1. The molecule has 1 rings (SSSR count). The zero-order chi connectivity index (χ0) is 17.3. The van der Waals surface area contributed by atoms with Gasteiger partial charge in [-0.05, 0) is 44.7 Å². The lowest BCUT2D eigenvalue weighted by Gasteiger charge is -2.19. The number of hydrogen-bond donors (Lipinski definition) is 2. The lowest BCUT2D eigenvalue weighted by molar-refractivity contribution is -0.0149. The fourth-order valence-corrected chi connectivity index (χ4v) is 1.93. The van der Waals surface area contributed by atoms with Crippen LogP contribution in [0, 0.1) is 5.92 Å². The van der Waals surface area contributed by atoms with E-state index in [0.717, 1.165) is 19.0 Å². The van der Waals surface area contributed by atoms with Crippen LogP contribution in [0.4, 0.5) is 0 Å². The Hall–Kier alpha value is -1.55. The van der Waals surface area contributed by atoms with Crippen molar-refractivity contribution < 1.29 is 4.74 Å². The van der Waals surface area contributed by atoms with Crippen molar-refractivity contribution in [2.75, 3.05) is 13.1 Å². The molecule has 4 nitrogen and oxygen atoms in total. The minimum absolute atomic E-state index is 0.118. The van der Waals surface area contributed by atoms with Gasteiger partial charge in [-0.3, -0.25) is 0 Å². The summed E-state index contributed by atoms with van der Waals surface area (Å²) in [6.45, 7) is 15.8. The van der Waals surface area contributed by atoms with Crippen molar-refractivity contribution in [3.05, 3.63) is 35.4 Å². The van der Waals surface area contributed by atoms with Crippen LogP contribution in [0.3, 0.4) is 0 Å². The molecule has 0 aliphatic heterocycles. The van der Waals surface area contributed by atoms with Gasteiger partial charge in [-0.25, -0.2) is 4.99 Å². The normalized spacial score (nSPS) is 12.6. The molecule has 4 heteroatoms. The van der Waals surface area contributed by atoms with E-state index in [2.05, 4.69) is 81.4 Å². The average Bonchev–Trinajstić information content (AvgIpc) is 2.47. The molecule has 0 radical (unpaired) electrons. The van der Waals surface area contributed by atoms with E-state index in [1.165, 1.54) is 11.1 Å². The first-order valence-electron chi connectivity index (χ1n) is 8.54. The Morgan fingerprint density at radius 3 is 2.48 bits per heavy atom. The first-order valence-corrected chi connectivity index (χ1v) is 8.54. The lowest BCUT2D eigenvalue weighted by Crippen LogP contribution is -2.39. The SMILES string of the molecule is CCNC(=NCc1cccc(COC(C)(C)C)c1)NCC(C)C. The van der Waals surface area contributed by atoms with Gasteiger partial charge >= 0.3 is 0 Å². The zero-order valence-corrected chi connectivity index (χ0v) is 15.6. The second-order valence-corrected chi connectivity index (χ2v) is 7.19. The maximum absolute atomic E-state index is 5.84. The third-order valence-corrected chi connectivity index (χ3v) is 3.10. The van der Waals surface area contributed by atoms with Gasteiger partial charge in [-0.15, -0.1) is 0 Å². The highest BCUT2D eigenvalue weighted by Crippen LogP contribution is 2.13. The summed E-state index contributed by atoms with van der Waals surface area (Å²) in [4.78, 5) is 4.66. The van der Waals surface area contributed by atoms with Crippen molar-refractivity contribution in [1.29, 1.82) is 0 Å². The van der Waals surface area contributed by atoms with Crippen LogP contribution < -0.4 is 10.6 Å². The first-order chi connectivity index (χ1) is 10.8. The topological polar surface area (TPSA) is 45.7 Å². The van der Waals surface area contributed by atoms with E-state index in [-0.39, 0.29) is 5.60 Å². The Bertz CT molecular complexity index is 490. The molecule has 2 N–H and O–H groups in total. The molecule has 0 saturated carbocycles. The number of hydrogen-bond acceptors (Lipinski definition) is 2. The van der Waals surface area contributed by atoms with Gasteiger partial charge in [0, 0.05) is 13.1 Å². The third kappa shape index (κ3) is 9.24. The molecule has 130 valence electrons. The van der Waals surface area contributed by atoms with Crippen LogP contribution in [-0.2, 0) is 17.9 Å².